The van der Waals surface area contributed by atoms with Crippen molar-refractivity contribution in [2.75, 3.05) is 13.7 Å². The molecule has 180 valence electrons. The Balaban J connectivity index is 1.70. The Morgan fingerprint density at radius 2 is 1.65 bits per heavy atom. The lowest BCUT2D eigenvalue weighted by Crippen LogP contribution is -2.46. The molecule has 34 heavy (non-hydrogen) atoms. The quantitative estimate of drug-likeness (QED) is 0.467. The van der Waals surface area contributed by atoms with Gasteiger partial charge in [0.05, 0.1) is 19.8 Å². The molecule has 8 heteroatoms. The zero-order valence-electron chi connectivity index (χ0n) is 18.9. The number of aliphatic hydroxyl groups excluding tert-OH is 1. The van der Waals surface area contributed by atoms with Crippen LogP contribution in [0.1, 0.15) is 16.7 Å². The molecule has 0 unspecified atom stereocenters. The molecule has 0 aliphatic rings. The second kappa shape index (κ2) is 12.1. The van der Waals surface area contributed by atoms with Crippen LogP contribution in [0.2, 0.25) is 0 Å². The molecule has 0 aliphatic carbocycles. The number of aliphatic hydroxyl groups is 1. The first-order chi connectivity index (χ1) is 16.3. The van der Waals surface area contributed by atoms with Gasteiger partial charge in [-0.15, -0.1) is 0 Å². The van der Waals surface area contributed by atoms with Crippen LogP contribution in [0.5, 0.6) is 5.75 Å². The van der Waals surface area contributed by atoms with Gasteiger partial charge in [-0.05, 0) is 47.4 Å². The Kier molecular flexibility index (Phi) is 8.95. The van der Waals surface area contributed by atoms with E-state index in [-0.39, 0.29) is 26.1 Å². The molecule has 0 fully saturated rings. The van der Waals surface area contributed by atoms with Crippen LogP contribution in [0, 0.1) is 11.6 Å². The number of hydrogen-bond donors (Lipinski definition) is 2. The van der Waals surface area contributed by atoms with E-state index in [0.717, 1.165) is 29.3 Å². The predicted octanol–water partition coefficient (Wildman–Crippen LogP) is 4.04. The first-order valence-electron chi connectivity index (χ1n) is 10.8. The molecule has 3 aromatic rings. The van der Waals surface area contributed by atoms with E-state index in [9.17, 15) is 18.7 Å². The van der Waals surface area contributed by atoms with Gasteiger partial charge < -0.3 is 25.2 Å². The zero-order valence-corrected chi connectivity index (χ0v) is 18.9. The number of halogens is 2. The van der Waals surface area contributed by atoms with E-state index >= 15 is 0 Å². The number of rotatable bonds is 10. The van der Waals surface area contributed by atoms with Crippen molar-refractivity contribution in [1.29, 1.82) is 0 Å². The van der Waals surface area contributed by atoms with Crippen molar-refractivity contribution in [3.63, 3.8) is 0 Å². The molecule has 3 aromatic carbocycles. The van der Waals surface area contributed by atoms with E-state index < -0.39 is 29.9 Å². The third-order valence-corrected chi connectivity index (χ3v) is 5.27. The Labute approximate surface area is 197 Å². The molecule has 0 aromatic heterocycles. The highest BCUT2D eigenvalue weighted by atomic mass is 19.1. The van der Waals surface area contributed by atoms with Gasteiger partial charge in [0.1, 0.15) is 24.0 Å². The Morgan fingerprint density at radius 3 is 2.32 bits per heavy atom. The molecule has 3 rings (SSSR count). The normalized spacial score (nSPS) is 12.6. The van der Waals surface area contributed by atoms with E-state index in [1.54, 1.807) is 25.3 Å². The SMILES string of the molecule is COc1cccc(CN(C[C@@H](O)[C@@H](N)Cc2cc(F)cc(F)c2)C(=O)OCc2ccccc2)c1. The highest BCUT2D eigenvalue weighted by Gasteiger charge is 2.24. The number of nitrogens with zero attached hydrogens (tertiary/aromatic N) is 1. The minimum absolute atomic E-state index is 0.0297. The van der Waals surface area contributed by atoms with Gasteiger partial charge in [-0.25, -0.2) is 13.6 Å². The number of carbonyl (C=O) groups excluding carboxylic acids is 1. The monoisotopic (exact) mass is 470 g/mol. The van der Waals surface area contributed by atoms with Crippen LogP contribution in [0.3, 0.4) is 0 Å². The maximum absolute atomic E-state index is 13.5. The third kappa shape index (κ3) is 7.54. The van der Waals surface area contributed by atoms with Crippen LogP contribution in [0.15, 0.2) is 72.8 Å². The fourth-order valence-corrected chi connectivity index (χ4v) is 3.50. The highest BCUT2D eigenvalue weighted by Crippen LogP contribution is 2.17. The van der Waals surface area contributed by atoms with Crippen molar-refractivity contribution in [2.45, 2.75) is 31.7 Å². The second-order valence-corrected chi connectivity index (χ2v) is 7.99. The Morgan fingerprint density at radius 1 is 0.971 bits per heavy atom. The molecular formula is C26H28F2N2O4. The van der Waals surface area contributed by atoms with Crippen LogP contribution in [0.25, 0.3) is 0 Å². The molecule has 3 N–H and O–H groups in total. The van der Waals surface area contributed by atoms with Crippen LogP contribution >= 0.6 is 0 Å². The number of nitrogens with two attached hydrogens (primary N) is 1. The summed E-state index contributed by atoms with van der Waals surface area (Å²) in [4.78, 5) is 14.2. The molecule has 1 amide bonds. The number of ether oxygens (including phenoxy) is 2. The van der Waals surface area contributed by atoms with Crippen molar-refractivity contribution >= 4 is 6.09 Å². The number of benzene rings is 3. The van der Waals surface area contributed by atoms with Crippen molar-refractivity contribution in [1.82, 2.24) is 4.90 Å². The second-order valence-electron chi connectivity index (χ2n) is 7.99. The summed E-state index contributed by atoms with van der Waals surface area (Å²) < 4.78 is 37.7. The third-order valence-electron chi connectivity index (χ3n) is 5.27. The maximum Gasteiger partial charge on any atom is 0.410 e. The fraction of sp³-hybridized carbons (Fsp3) is 0.269. The lowest BCUT2D eigenvalue weighted by molar-refractivity contribution is 0.0575. The summed E-state index contributed by atoms with van der Waals surface area (Å²) in [5.41, 5.74) is 8.01. The van der Waals surface area contributed by atoms with Gasteiger partial charge in [0, 0.05) is 18.7 Å². The van der Waals surface area contributed by atoms with Crippen LogP contribution in [0.4, 0.5) is 13.6 Å². The highest BCUT2D eigenvalue weighted by molar-refractivity contribution is 5.67. The molecule has 0 bridgehead atoms. The summed E-state index contributed by atoms with van der Waals surface area (Å²) >= 11 is 0. The minimum Gasteiger partial charge on any atom is -0.497 e. The zero-order chi connectivity index (χ0) is 24.5. The number of amides is 1. The minimum atomic E-state index is -1.17. The summed E-state index contributed by atoms with van der Waals surface area (Å²) in [7, 11) is 1.54. The van der Waals surface area contributed by atoms with Gasteiger partial charge in [-0.2, -0.15) is 0 Å². The van der Waals surface area contributed by atoms with Crippen molar-refractivity contribution < 1.29 is 28.2 Å². The Hall–Kier alpha value is -3.49. The first-order valence-corrected chi connectivity index (χ1v) is 10.8. The van der Waals surface area contributed by atoms with Crippen molar-refractivity contribution in [3.8, 4) is 5.75 Å². The number of carbonyl (C=O) groups is 1. The van der Waals surface area contributed by atoms with Gasteiger partial charge in [-0.3, -0.25) is 0 Å². The molecule has 0 radical (unpaired) electrons. The number of hydrogen-bond acceptors (Lipinski definition) is 5. The summed E-state index contributed by atoms with van der Waals surface area (Å²) in [5, 5.41) is 10.7. The molecule has 0 saturated carbocycles. The summed E-state index contributed by atoms with van der Waals surface area (Å²) in [6.07, 6.45) is -1.77. The van der Waals surface area contributed by atoms with Crippen LogP contribution in [-0.4, -0.2) is 41.9 Å². The molecule has 0 aliphatic heterocycles. The maximum atomic E-state index is 13.5. The number of methoxy groups -OCH3 is 1. The van der Waals surface area contributed by atoms with Gasteiger partial charge >= 0.3 is 6.09 Å². The lowest BCUT2D eigenvalue weighted by Gasteiger charge is -2.28. The average Bonchev–Trinajstić information content (AvgIpc) is 2.82. The summed E-state index contributed by atoms with van der Waals surface area (Å²) in [5.74, 6) is -0.817. The van der Waals surface area contributed by atoms with E-state index in [2.05, 4.69) is 0 Å². The van der Waals surface area contributed by atoms with Crippen molar-refractivity contribution in [3.05, 3.63) is 101 Å². The van der Waals surface area contributed by atoms with Crippen molar-refractivity contribution in [2.24, 2.45) is 5.73 Å². The van der Waals surface area contributed by atoms with Crippen LogP contribution < -0.4 is 10.5 Å². The first kappa shape index (κ1) is 25.1. The summed E-state index contributed by atoms with van der Waals surface area (Å²) in [6.45, 7) is 0.0754. The Bertz CT molecular complexity index is 1060. The molecule has 6 nitrogen and oxygen atoms in total. The van der Waals surface area contributed by atoms with E-state index in [1.165, 1.54) is 4.90 Å². The average molecular weight is 471 g/mol. The fourth-order valence-electron chi connectivity index (χ4n) is 3.50. The van der Waals surface area contributed by atoms with E-state index in [0.29, 0.717) is 11.3 Å². The molecular weight excluding hydrogens is 442 g/mol. The molecule has 0 heterocycles. The molecule has 2 atom stereocenters. The van der Waals surface area contributed by atoms with Gasteiger partial charge in [0.25, 0.3) is 0 Å². The van der Waals surface area contributed by atoms with Gasteiger partial charge in [0.15, 0.2) is 0 Å². The van der Waals surface area contributed by atoms with Gasteiger partial charge in [0.2, 0.25) is 0 Å². The predicted molar refractivity (Wildman–Crippen MR) is 124 cm³/mol. The largest absolute Gasteiger partial charge is 0.497 e. The van der Waals surface area contributed by atoms with E-state index in [1.807, 2.05) is 36.4 Å². The topological polar surface area (TPSA) is 85.0 Å². The van der Waals surface area contributed by atoms with Gasteiger partial charge in [-0.1, -0.05) is 42.5 Å². The summed E-state index contributed by atoms with van der Waals surface area (Å²) in [6, 6.07) is 18.6. The standard InChI is InChI=1S/C26H28F2N2O4/c1-33-23-9-5-8-19(12-23)15-30(26(32)34-17-18-6-3-2-4-7-18)16-25(31)24(29)13-20-10-21(27)14-22(28)11-20/h2-12,14,24-25,31H,13,15-17,29H2,1H3/t24-,25+/m0/s1. The molecule has 0 saturated heterocycles. The smallest absolute Gasteiger partial charge is 0.410 e. The lowest BCUT2D eigenvalue weighted by atomic mass is 10.0. The molecule has 0 spiro atoms. The van der Waals surface area contributed by atoms with Crippen LogP contribution in [-0.2, 0) is 24.3 Å². The van der Waals surface area contributed by atoms with E-state index in [4.69, 9.17) is 15.2 Å².